The number of carbonyl (C=O) groups excluding carboxylic acids is 1. The number of carbonyl (C=O) groups is 1. The van der Waals surface area contributed by atoms with Gasteiger partial charge in [0.2, 0.25) is 5.95 Å². The largest absolute Gasteiger partial charge is 0.325 e. The standard InChI is InChI=1S/C9H11N5O3/c1-5(15)3-7-8(14(16)17)4-10-9-11-6(2)12-13(7)9/h4,7H,3H2,1-2H3,(H,10,11,12)/t7-/m0/s1. The van der Waals surface area contributed by atoms with E-state index in [-0.39, 0.29) is 17.9 Å². The van der Waals surface area contributed by atoms with Crippen LogP contribution in [0.25, 0.3) is 0 Å². The van der Waals surface area contributed by atoms with Gasteiger partial charge in [-0.3, -0.25) is 14.9 Å². The van der Waals surface area contributed by atoms with Crippen molar-refractivity contribution in [1.29, 1.82) is 0 Å². The van der Waals surface area contributed by atoms with Crippen molar-refractivity contribution in [3.63, 3.8) is 0 Å². The van der Waals surface area contributed by atoms with E-state index in [1.54, 1.807) is 6.92 Å². The zero-order chi connectivity index (χ0) is 12.6. The number of ketones is 1. The van der Waals surface area contributed by atoms with Crippen LogP contribution in [0.4, 0.5) is 5.95 Å². The Kier molecular flexibility index (Phi) is 2.62. The molecule has 0 bridgehead atoms. The zero-order valence-corrected chi connectivity index (χ0v) is 9.38. The van der Waals surface area contributed by atoms with Crippen LogP contribution in [0.3, 0.4) is 0 Å². The van der Waals surface area contributed by atoms with Crippen molar-refractivity contribution < 1.29 is 9.72 Å². The first-order valence-electron chi connectivity index (χ1n) is 5.02. The van der Waals surface area contributed by atoms with Crippen molar-refractivity contribution in [2.24, 2.45) is 0 Å². The molecule has 0 aromatic carbocycles. The molecule has 1 N–H and O–H groups in total. The van der Waals surface area contributed by atoms with Gasteiger partial charge in [0, 0.05) is 6.42 Å². The van der Waals surface area contributed by atoms with E-state index in [1.807, 2.05) is 0 Å². The summed E-state index contributed by atoms with van der Waals surface area (Å²) in [5, 5.41) is 17.6. The van der Waals surface area contributed by atoms with Crippen LogP contribution >= 0.6 is 0 Å². The highest BCUT2D eigenvalue weighted by molar-refractivity contribution is 5.76. The van der Waals surface area contributed by atoms with Gasteiger partial charge in [0.1, 0.15) is 11.6 Å². The maximum absolute atomic E-state index is 11.2. The lowest BCUT2D eigenvalue weighted by molar-refractivity contribution is -0.433. The Morgan fingerprint density at radius 3 is 3.00 bits per heavy atom. The highest BCUT2D eigenvalue weighted by Crippen LogP contribution is 2.28. The molecule has 2 heterocycles. The van der Waals surface area contributed by atoms with Crippen LogP contribution in [-0.2, 0) is 4.79 Å². The Morgan fingerprint density at radius 2 is 2.41 bits per heavy atom. The molecule has 0 amide bonds. The average Bonchev–Trinajstić information content (AvgIpc) is 2.58. The topological polar surface area (TPSA) is 103 Å². The number of rotatable bonds is 3. The molecule has 2 rings (SSSR count). The second kappa shape index (κ2) is 3.96. The minimum Gasteiger partial charge on any atom is -0.325 e. The van der Waals surface area contributed by atoms with Crippen molar-refractivity contribution in [2.45, 2.75) is 26.3 Å². The first-order valence-corrected chi connectivity index (χ1v) is 5.02. The van der Waals surface area contributed by atoms with E-state index in [0.717, 1.165) is 0 Å². The summed E-state index contributed by atoms with van der Waals surface area (Å²) in [6, 6.07) is -0.694. The number of aromatic nitrogens is 3. The van der Waals surface area contributed by atoms with Crippen LogP contribution < -0.4 is 5.32 Å². The molecule has 0 aliphatic carbocycles. The number of nitrogens with one attached hydrogen (secondary N) is 1. The van der Waals surface area contributed by atoms with Crippen LogP contribution in [0.5, 0.6) is 0 Å². The lowest BCUT2D eigenvalue weighted by Crippen LogP contribution is -2.26. The second-order valence-corrected chi connectivity index (χ2v) is 3.82. The number of aryl methyl sites for hydroxylation is 1. The molecule has 0 saturated heterocycles. The number of fused-ring (bicyclic) bond motifs is 1. The molecule has 0 fully saturated rings. The fraction of sp³-hybridized carbons (Fsp3) is 0.444. The summed E-state index contributed by atoms with van der Waals surface area (Å²) >= 11 is 0. The van der Waals surface area contributed by atoms with Crippen molar-refractivity contribution in [3.05, 3.63) is 27.8 Å². The molecule has 1 aliphatic heterocycles. The molecule has 1 atom stereocenters. The third-order valence-corrected chi connectivity index (χ3v) is 2.41. The van der Waals surface area contributed by atoms with Crippen molar-refractivity contribution in [2.75, 3.05) is 5.32 Å². The highest BCUT2D eigenvalue weighted by Gasteiger charge is 2.34. The van der Waals surface area contributed by atoms with E-state index in [0.29, 0.717) is 11.8 Å². The van der Waals surface area contributed by atoms with E-state index in [2.05, 4.69) is 15.4 Å². The Balaban J connectivity index is 2.43. The summed E-state index contributed by atoms with van der Waals surface area (Å²) < 4.78 is 1.38. The lowest BCUT2D eigenvalue weighted by Gasteiger charge is -2.19. The number of hydrogen-bond donors (Lipinski definition) is 1. The normalized spacial score (nSPS) is 18.0. The summed E-state index contributed by atoms with van der Waals surface area (Å²) in [4.78, 5) is 25.6. The second-order valence-electron chi connectivity index (χ2n) is 3.82. The summed E-state index contributed by atoms with van der Waals surface area (Å²) in [6.45, 7) is 3.08. The molecule has 0 spiro atoms. The third kappa shape index (κ3) is 2.01. The van der Waals surface area contributed by atoms with Gasteiger partial charge in [-0.2, -0.15) is 10.1 Å². The fourth-order valence-corrected chi connectivity index (χ4v) is 1.74. The van der Waals surface area contributed by atoms with Gasteiger partial charge in [-0.25, -0.2) is 4.68 Å². The predicted octanol–water partition coefficient (Wildman–Crippen LogP) is 0.650. The molecule has 1 aliphatic rings. The van der Waals surface area contributed by atoms with Gasteiger partial charge in [-0.05, 0) is 13.8 Å². The summed E-state index contributed by atoms with van der Waals surface area (Å²) in [7, 11) is 0. The van der Waals surface area contributed by atoms with Crippen LogP contribution in [0.2, 0.25) is 0 Å². The highest BCUT2D eigenvalue weighted by atomic mass is 16.6. The fourth-order valence-electron chi connectivity index (χ4n) is 1.74. The predicted molar refractivity (Wildman–Crippen MR) is 57.8 cm³/mol. The van der Waals surface area contributed by atoms with Gasteiger partial charge in [-0.15, -0.1) is 0 Å². The van der Waals surface area contributed by atoms with Crippen molar-refractivity contribution >= 4 is 11.7 Å². The number of Topliss-reactive ketones (excluding diaryl/α,β-unsaturated/α-hetero) is 1. The molecule has 0 unspecified atom stereocenters. The quantitative estimate of drug-likeness (QED) is 0.611. The van der Waals surface area contributed by atoms with Gasteiger partial charge in [-0.1, -0.05) is 0 Å². The van der Waals surface area contributed by atoms with E-state index >= 15 is 0 Å². The SMILES string of the molecule is CC(=O)C[C@H]1C([N+](=O)[O-])=CNc2nc(C)nn21. The zero-order valence-electron chi connectivity index (χ0n) is 9.38. The molecule has 1 aromatic heterocycles. The first kappa shape index (κ1) is 11.2. The van der Waals surface area contributed by atoms with Gasteiger partial charge in [0.15, 0.2) is 6.04 Å². The number of nitro groups is 1. The molecule has 8 nitrogen and oxygen atoms in total. The van der Waals surface area contributed by atoms with Crippen LogP contribution in [0, 0.1) is 17.0 Å². The lowest BCUT2D eigenvalue weighted by atomic mass is 10.1. The minimum absolute atomic E-state index is 0.0320. The maximum atomic E-state index is 11.2. The summed E-state index contributed by atoms with van der Waals surface area (Å²) in [6.07, 6.45) is 1.29. The van der Waals surface area contributed by atoms with Crippen LogP contribution in [0.15, 0.2) is 11.9 Å². The molecular weight excluding hydrogens is 226 g/mol. The van der Waals surface area contributed by atoms with E-state index in [9.17, 15) is 14.9 Å². The van der Waals surface area contributed by atoms with Crippen molar-refractivity contribution in [3.8, 4) is 0 Å². The maximum Gasteiger partial charge on any atom is 0.287 e. The summed E-state index contributed by atoms with van der Waals surface area (Å²) in [5.74, 6) is 0.780. The average molecular weight is 237 g/mol. The molecule has 90 valence electrons. The number of hydrogen-bond acceptors (Lipinski definition) is 6. The third-order valence-electron chi connectivity index (χ3n) is 2.41. The number of allylic oxidation sites excluding steroid dienone is 1. The minimum atomic E-state index is -0.694. The monoisotopic (exact) mass is 237 g/mol. The van der Waals surface area contributed by atoms with Crippen molar-refractivity contribution in [1.82, 2.24) is 14.8 Å². The molecule has 17 heavy (non-hydrogen) atoms. The molecule has 8 heteroatoms. The Hall–Kier alpha value is -2.25. The Labute approximate surface area is 96.5 Å². The Bertz CT molecular complexity index is 519. The van der Waals surface area contributed by atoms with Crippen LogP contribution in [0.1, 0.15) is 25.2 Å². The molecular formula is C9H11N5O3. The molecule has 0 radical (unpaired) electrons. The van der Waals surface area contributed by atoms with E-state index < -0.39 is 11.0 Å². The smallest absolute Gasteiger partial charge is 0.287 e. The molecule has 1 aromatic rings. The molecule has 0 saturated carbocycles. The van der Waals surface area contributed by atoms with Crippen LogP contribution in [-0.4, -0.2) is 25.5 Å². The summed E-state index contributed by atoms with van der Waals surface area (Å²) in [5.41, 5.74) is -0.0856. The van der Waals surface area contributed by atoms with Gasteiger partial charge in [0.05, 0.1) is 11.1 Å². The van der Waals surface area contributed by atoms with E-state index in [1.165, 1.54) is 17.8 Å². The van der Waals surface area contributed by atoms with E-state index in [4.69, 9.17) is 0 Å². The van der Waals surface area contributed by atoms with Gasteiger partial charge >= 0.3 is 0 Å². The Morgan fingerprint density at radius 1 is 1.71 bits per heavy atom. The van der Waals surface area contributed by atoms with Gasteiger partial charge < -0.3 is 5.32 Å². The number of nitrogens with zero attached hydrogens (tertiary/aromatic N) is 4. The van der Waals surface area contributed by atoms with Gasteiger partial charge in [0.25, 0.3) is 5.70 Å². The number of anilines is 1. The first-order chi connectivity index (χ1) is 7.99.